The van der Waals surface area contributed by atoms with Crippen LogP contribution in [0.3, 0.4) is 0 Å². The predicted molar refractivity (Wildman–Crippen MR) is 98.9 cm³/mol. The number of benzene rings is 1. The predicted octanol–water partition coefficient (Wildman–Crippen LogP) is 1.31. The average Bonchev–Trinajstić information content (AvgIpc) is 2.57. The van der Waals surface area contributed by atoms with Crippen molar-refractivity contribution in [3.63, 3.8) is 0 Å². The van der Waals surface area contributed by atoms with E-state index in [0.29, 0.717) is 19.6 Å². The lowest BCUT2D eigenvalue weighted by Gasteiger charge is -2.33. The molecule has 0 radical (unpaired) electrons. The SMILES string of the molecule is C=CCNC(=O)CN1CCN(CC(=O)Nc2ccccc2Br)CC1. The number of piperazine rings is 1. The minimum atomic E-state index is -0.0286. The zero-order valence-corrected chi connectivity index (χ0v) is 15.2. The maximum atomic E-state index is 12.1. The summed E-state index contributed by atoms with van der Waals surface area (Å²) in [7, 11) is 0. The topological polar surface area (TPSA) is 64.7 Å². The summed E-state index contributed by atoms with van der Waals surface area (Å²) in [5.74, 6) is -0.0194. The lowest BCUT2D eigenvalue weighted by atomic mass is 10.3. The number of nitrogens with zero attached hydrogens (tertiary/aromatic N) is 2. The average molecular weight is 395 g/mol. The number of para-hydroxylation sites is 1. The number of hydrogen-bond donors (Lipinski definition) is 2. The van der Waals surface area contributed by atoms with Crippen LogP contribution in [0.4, 0.5) is 5.69 Å². The Morgan fingerprint density at radius 3 is 2.25 bits per heavy atom. The minimum Gasteiger partial charge on any atom is -0.352 e. The number of rotatable bonds is 7. The second-order valence-electron chi connectivity index (χ2n) is 5.67. The first-order valence-corrected chi connectivity index (χ1v) is 8.74. The maximum Gasteiger partial charge on any atom is 0.238 e. The molecule has 130 valence electrons. The van der Waals surface area contributed by atoms with Crippen molar-refractivity contribution < 1.29 is 9.59 Å². The van der Waals surface area contributed by atoms with Crippen molar-refractivity contribution in [2.75, 3.05) is 51.1 Å². The van der Waals surface area contributed by atoms with Crippen molar-refractivity contribution in [3.05, 3.63) is 41.4 Å². The monoisotopic (exact) mass is 394 g/mol. The summed E-state index contributed by atoms with van der Waals surface area (Å²) >= 11 is 3.42. The Labute approximate surface area is 151 Å². The van der Waals surface area contributed by atoms with Gasteiger partial charge in [-0.2, -0.15) is 0 Å². The van der Waals surface area contributed by atoms with Gasteiger partial charge in [-0.3, -0.25) is 19.4 Å². The summed E-state index contributed by atoms with van der Waals surface area (Å²) in [4.78, 5) is 28.0. The maximum absolute atomic E-state index is 12.1. The first-order chi connectivity index (χ1) is 11.6. The number of nitrogens with one attached hydrogen (secondary N) is 2. The summed E-state index contributed by atoms with van der Waals surface area (Å²) in [6.45, 7) is 7.94. The molecular formula is C17H23BrN4O2. The highest BCUT2D eigenvalue weighted by Crippen LogP contribution is 2.21. The van der Waals surface area contributed by atoms with Crippen molar-refractivity contribution in [3.8, 4) is 0 Å². The highest BCUT2D eigenvalue weighted by molar-refractivity contribution is 9.10. The number of hydrogen-bond acceptors (Lipinski definition) is 4. The molecule has 0 saturated carbocycles. The summed E-state index contributed by atoms with van der Waals surface area (Å²) in [6, 6.07) is 7.55. The third kappa shape index (κ3) is 6.07. The molecule has 1 saturated heterocycles. The summed E-state index contributed by atoms with van der Waals surface area (Å²) in [6.07, 6.45) is 1.67. The first-order valence-electron chi connectivity index (χ1n) is 7.95. The number of carbonyl (C=O) groups is 2. The Balaban J connectivity index is 1.71. The Hall–Kier alpha value is -1.70. The molecule has 0 unspecified atom stereocenters. The highest BCUT2D eigenvalue weighted by Gasteiger charge is 2.20. The van der Waals surface area contributed by atoms with E-state index in [2.05, 4.69) is 42.9 Å². The van der Waals surface area contributed by atoms with Gasteiger partial charge in [0, 0.05) is 37.2 Å². The normalized spacial score (nSPS) is 15.7. The van der Waals surface area contributed by atoms with E-state index in [0.717, 1.165) is 36.3 Å². The van der Waals surface area contributed by atoms with Gasteiger partial charge in [0.05, 0.1) is 18.8 Å². The molecule has 0 aliphatic carbocycles. The van der Waals surface area contributed by atoms with Gasteiger partial charge in [-0.05, 0) is 28.1 Å². The van der Waals surface area contributed by atoms with Crippen LogP contribution in [-0.2, 0) is 9.59 Å². The molecule has 1 heterocycles. The summed E-state index contributed by atoms with van der Waals surface area (Å²) in [5, 5.41) is 5.68. The van der Waals surface area contributed by atoms with Crippen LogP contribution < -0.4 is 10.6 Å². The van der Waals surface area contributed by atoms with Crippen LogP contribution in [0.2, 0.25) is 0 Å². The second-order valence-corrected chi connectivity index (χ2v) is 6.53. The fraction of sp³-hybridized carbons (Fsp3) is 0.412. The van der Waals surface area contributed by atoms with E-state index in [-0.39, 0.29) is 11.8 Å². The van der Waals surface area contributed by atoms with Gasteiger partial charge in [-0.15, -0.1) is 6.58 Å². The van der Waals surface area contributed by atoms with Gasteiger partial charge < -0.3 is 10.6 Å². The Bertz CT molecular complexity index is 586. The molecule has 0 atom stereocenters. The van der Waals surface area contributed by atoms with Crippen LogP contribution >= 0.6 is 15.9 Å². The van der Waals surface area contributed by atoms with Crippen LogP contribution in [0.15, 0.2) is 41.4 Å². The van der Waals surface area contributed by atoms with Crippen LogP contribution in [0.1, 0.15) is 0 Å². The van der Waals surface area contributed by atoms with Gasteiger partial charge in [0.1, 0.15) is 0 Å². The number of amides is 2. The number of carbonyl (C=O) groups excluding carboxylic acids is 2. The van der Waals surface area contributed by atoms with E-state index in [1.165, 1.54) is 0 Å². The molecule has 2 amide bonds. The van der Waals surface area contributed by atoms with Crippen LogP contribution in [0, 0.1) is 0 Å². The first kappa shape index (κ1) is 18.6. The molecule has 24 heavy (non-hydrogen) atoms. The third-order valence-corrected chi connectivity index (χ3v) is 4.48. The van der Waals surface area contributed by atoms with E-state index in [1.54, 1.807) is 6.08 Å². The largest absolute Gasteiger partial charge is 0.352 e. The Kier molecular flexibility index (Phi) is 7.42. The smallest absolute Gasteiger partial charge is 0.238 e. The number of anilines is 1. The molecule has 2 rings (SSSR count). The molecule has 6 nitrogen and oxygen atoms in total. The molecule has 0 spiro atoms. The molecule has 0 aromatic heterocycles. The fourth-order valence-corrected chi connectivity index (χ4v) is 2.89. The zero-order chi connectivity index (χ0) is 17.4. The summed E-state index contributed by atoms with van der Waals surface area (Å²) in [5.41, 5.74) is 0.778. The van der Waals surface area contributed by atoms with Crippen molar-refractivity contribution >= 4 is 33.4 Å². The highest BCUT2D eigenvalue weighted by atomic mass is 79.9. The minimum absolute atomic E-state index is 0.00928. The molecule has 0 bridgehead atoms. The molecule has 1 aromatic rings. The molecular weight excluding hydrogens is 372 g/mol. The van der Waals surface area contributed by atoms with Gasteiger partial charge in [-0.25, -0.2) is 0 Å². The molecule has 1 fully saturated rings. The van der Waals surface area contributed by atoms with E-state index in [9.17, 15) is 9.59 Å². The second kappa shape index (κ2) is 9.56. The van der Waals surface area contributed by atoms with Crippen molar-refractivity contribution in [1.82, 2.24) is 15.1 Å². The lowest BCUT2D eigenvalue weighted by molar-refractivity contribution is -0.123. The molecule has 2 N–H and O–H groups in total. The van der Waals surface area contributed by atoms with Crippen molar-refractivity contribution in [2.24, 2.45) is 0 Å². The molecule has 1 aliphatic rings. The van der Waals surface area contributed by atoms with Crippen molar-refractivity contribution in [1.29, 1.82) is 0 Å². The lowest BCUT2D eigenvalue weighted by Crippen LogP contribution is -2.51. The van der Waals surface area contributed by atoms with Gasteiger partial charge in [-0.1, -0.05) is 18.2 Å². The molecule has 1 aromatic carbocycles. The van der Waals surface area contributed by atoms with Gasteiger partial charge in [0.15, 0.2) is 0 Å². The third-order valence-electron chi connectivity index (χ3n) is 3.79. The number of halogens is 1. The summed E-state index contributed by atoms with van der Waals surface area (Å²) < 4.78 is 0.869. The van der Waals surface area contributed by atoms with E-state index >= 15 is 0 Å². The van der Waals surface area contributed by atoms with Crippen LogP contribution in [-0.4, -0.2) is 67.4 Å². The Morgan fingerprint density at radius 1 is 1.08 bits per heavy atom. The molecule has 7 heteroatoms. The standard InChI is InChI=1S/C17H23BrN4O2/c1-2-7-19-16(23)12-21-8-10-22(11-9-21)13-17(24)20-15-6-4-3-5-14(15)18/h2-6H,1,7-13H2,(H,19,23)(H,20,24). The van der Waals surface area contributed by atoms with Crippen LogP contribution in [0.5, 0.6) is 0 Å². The van der Waals surface area contributed by atoms with E-state index in [1.807, 2.05) is 24.3 Å². The van der Waals surface area contributed by atoms with E-state index in [4.69, 9.17) is 0 Å². The van der Waals surface area contributed by atoms with Gasteiger partial charge in [0.25, 0.3) is 0 Å². The quantitative estimate of drug-likeness (QED) is 0.684. The molecule has 1 aliphatic heterocycles. The fourth-order valence-electron chi connectivity index (χ4n) is 2.51. The van der Waals surface area contributed by atoms with Crippen molar-refractivity contribution in [2.45, 2.75) is 0 Å². The van der Waals surface area contributed by atoms with E-state index < -0.39 is 0 Å². The van der Waals surface area contributed by atoms with Gasteiger partial charge >= 0.3 is 0 Å². The Morgan fingerprint density at radius 2 is 1.67 bits per heavy atom. The zero-order valence-electron chi connectivity index (χ0n) is 13.6. The van der Waals surface area contributed by atoms with Gasteiger partial charge in [0.2, 0.25) is 11.8 Å². The van der Waals surface area contributed by atoms with Crippen LogP contribution in [0.25, 0.3) is 0 Å².